The zero-order valence-electron chi connectivity index (χ0n) is 17.2. The molecule has 0 spiro atoms. The molecule has 8 heteroatoms. The number of fused-ring (bicyclic) bond motifs is 1. The number of hydrogen-bond acceptors (Lipinski definition) is 6. The molecule has 0 radical (unpaired) electrons. The average molecular weight is 417 g/mol. The number of rotatable bonds is 3. The van der Waals surface area contributed by atoms with Crippen molar-refractivity contribution in [3.63, 3.8) is 0 Å². The lowest BCUT2D eigenvalue weighted by atomic mass is 9.85. The summed E-state index contributed by atoms with van der Waals surface area (Å²) in [4.78, 5) is 24.0. The predicted molar refractivity (Wildman–Crippen MR) is 118 cm³/mol. The Kier molecular flexibility index (Phi) is 5.44. The highest BCUT2D eigenvalue weighted by atomic mass is 16.4. The van der Waals surface area contributed by atoms with Crippen LogP contribution in [-0.4, -0.2) is 41.3 Å². The Bertz CT molecular complexity index is 1230. The van der Waals surface area contributed by atoms with Crippen molar-refractivity contribution in [3.8, 4) is 23.2 Å². The minimum atomic E-state index is -0.997. The van der Waals surface area contributed by atoms with Crippen LogP contribution in [0, 0.1) is 11.8 Å². The van der Waals surface area contributed by atoms with Gasteiger partial charge in [-0.1, -0.05) is 36.6 Å². The fraction of sp³-hybridized carbons (Fsp3) is 0.304. The molecule has 31 heavy (non-hydrogen) atoms. The van der Waals surface area contributed by atoms with E-state index in [1.54, 1.807) is 0 Å². The predicted octanol–water partition coefficient (Wildman–Crippen LogP) is 2.76. The van der Waals surface area contributed by atoms with Gasteiger partial charge in [-0.2, -0.15) is 0 Å². The Balaban J connectivity index is 1.68. The second kappa shape index (κ2) is 8.20. The number of imidazole rings is 1. The summed E-state index contributed by atoms with van der Waals surface area (Å²) in [5, 5.41) is 19.3. The monoisotopic (exact) mass is 417 g/mol. The third-order valence-electron chi connectivity index (χ3n) is 5.42. The number of aliphatic carboxylic acids is 1. The quantitative estimate of drug-likeness (QED) is 0.442. The molecule has 0 amide bonds. The summed E-state index contributed by atoms with van der Waals surface area (Å²) in [6, 6.07) is 7.33. The number of anilines is 1. The summed E-state index contributed by atoms with van der Waals surface area (Å²) in [5.74, 6) is 5.98. The van der Waals surface area contributed by atoms with Crippen molar-refractivity contribution in [2.75, 3.05) is 5.73 Å². The molecule has 4 rings (SSSR count). The largest absolute Gasteiger partial charge is 0.478 e. The third-order valence-corrected chi connectivity index (χ3v) is 5.42. The van der Waals surface area contributed by atoms with Gasteiger partial charge in [-0.25, -0.2) is 19.7 Å². The van der Waals surface area contributed by atoms with Crippen molar-refractivity contribution < 1.29 is 15.0 Å². The van der Waals surface area contributed by atoms with E-state index in [1.165, 1.54) is 6.08 Å². The zero-order valence-corrected chi connectivity index (χ0v) is 17.2. The van der Waals surface area contributed by atoms with E-state index < -0.39 is 11.6 Å². The Hall–Kier alpha value is -3.70. The first-order valence-corrected chi connectivity index (χ1v) is 10.1. The molecule has 8 nitrogen and oxygen atoms in total. The molecule has 0 bridgehead atoms. The molecule has 1 fully saturated rings. The van der Waals surface area contributed by atoms with Gasteiger partial charge < -0.3 is 20.5 Å². The van der Waals surface area contributed by atoms with Crippen LogP contribution in [-0.2, 0) is 11.8 Å². The highest BCUT2D eigenvalue weighted by Crippen LogP contribution is 2.28. The standard InChI is InChI=1S/C23H23N5O3/c1-28-21(16-8-5-15(6-9-16)7-10-18(29)30)27-19-20(24)25-17(26-22(19)28)11-14-23(31)12-3-2-4-13-23/h5-10,31H,2-4,12-13H2,1H3,(H,29,30)(H2,24,25,26)/b10-7+. The van der Waals surface area contributed by atoms with E-state index in [-0.39, 0.29) is 11.6 Å². The molecule has 4 N–H and O–H groups in total. The number of carboxylic acid groups (broad SMARTS) is 1. The van der Waals surface area contributed by atoms with E-state index in [9.17, 15) is 9.90 Å². The molecule has 1 aliphatic rings. The fourth-order valence-electron chi connectivity index (χ4n) is 3.74. The molecule has 158 valence electrons. The van der Waals surface area contributed by atoms with Crippen LogP contribution in [0.1, 0.15) is 43.5 Å². The van der Waals surface area contributed by atoms with Crippen LogP contribution >= 0.6 is 0 Å². The van der Waals surface area contributed by atoms with E-state index in [0.717, 1.165) is 36.5 Å². The van der Waals surface area contributed by atoms with Crippen molar-refractivity contribution in [1.29, 1.82) is 0 Å². The molecule has 0 unspecified atom stereocenters. The number of aryl methyl sites for hydroxylation is 1. The molecule has 1 saturated carbocycles. The Morgan fingerprint density at radius 3 is 2.55 bits per heavy atom. The molecule has 2 heterocycles. The van der Waals surface area contributed by atoms with Crippen LogP contribution in [0.15, 0.2) is 30.3 Å². The summed E-state index contributed by atoms with van der Waals surface area (Å²) in [5.41, 5.74) is 7.77. The number of aliphatic hydroxyl groups is 1. The van der Waals surface area contributed by atoms with E-state index in [1.807, 2.05) is 35.9 Å². The lowest BCUT2D eigenvalue weighted by Crippen LogP contribution is -2.29. The molecular weight excluding hydrogens is 394 g/mol. The third kappa shape index (κ3) is 4.42. The normalized spacial score (nSPS) is 15.7. The van der Waals surface area contributed by atoms with Crippen molar-refractivity contribution >= 4 is 29.0 Å². The summed E-state index contributed by atoms with van der Waals surface area (Å²) < 4.78 is 1.82. The number of carboxylic acids is 1. The number of nitrogens with zero attached hydrogens (tertiary/aromatic N) is 4. The number of benzene rings is 1. The summed E-state index contributed by atoms with van der Waals surface area (Å²) in [6.07, 6.45) is 6.97. The average Bonchev–Trinajstić information content (AvgIpc) is 3.09. The minimum Gasteiger partial charge on any atom is -0.478 e. The summed E-state index contributed by atoms with van der Waals surface area (Å²) in [7, 11) is 1.83. The zero-order chi connectivity index (χ0) is 22.0. The molecule has 1 aromatic carbocycles. The Morgan fingerprint density at radius 1 is 1.16 bits per heavy atom. The van der Waals surface area contributed by atoms with Gasteiger partial charge in [0, 0.05) is 18.7 Å². The van der Waals surface area contributed by atoms with Gasteiger partial charge >= 0.3 is 5.97 Å². The minimum absolute atomic E-state index is 0.229. The van der Waals surface area contributed by atoms with Crippen LogP contribution in [0.2, 0.25) is 0 Å². The second-order valence-electron chi connectivity index (χ2n) is 7.73. The summed E-state index contributed by atoms with van der Waals surface area (Å²) >= 11 is 0. The lowest BCUT2D eigenvalue weighted by Gasteiger charge is -2.26. The van der Waals surface area contributed by atoms with Crippen molar-refractivity contribution in [3.05, 3.63) is 41.7 Å². The number of nitrogen functional groups attached to an aromatic ring is 1. The van der Waals surface area contributed by atoms with Crippen LogP contribution in [0.5, 0.6) is 0 Å². The Morgan fingerprint density at radius 2 is 1.87 bits per heavy atom. The highest BCUT2D eigenvalue weighted by Gasteiger charge is 2.26. The molecular formula is C23H23N5O3. The van der Waals surface area contributed by atoms with E-state index in [4.69, 9.17) is 10.8 Å². The molecule has 1 aliphatic carbocycles. The SMILES string of the molecule is Cn1c(-c2ccc(/C=C/C(=O)O)cc2)nc2c(N)nc(C#CC3(O)CCCCC3)nc21. The van der Waals surface area contributed by atoms with Gasteiger partial charge in [0.15, 0.2) is 17.0 Å². The smallest absolute Gasteiger partial charge is 0.328 e. The molecule has 0 atom stereocenters. The number of aromatic nitrogens is 4. The van der Waals surface area contributed by atoms with Gasteiger partial charge in [-0.3, -0.25) is 0 Å². The fourth-order valence-corrected chi connectivity index (χ4v) is 3.74. The lowest BCUT2D eigenvalue weighted by molar-refractivity contribution is -0.131. The van der Waals surface area contributed by atoms with E-state index >= 15 is 0 Å². The van der Waals surface area contributed by atoms with Crippen LogP contribution < -0.4 is 5.73 Å². The molecule has 0 aliphatic heterocycles. The number of nitrogens with two attached hydrogens (primary N) is 1. The van der Waals surface area contributed by atoms with Gasteiger partial charge in [-0.05, 0) is 43.2 Å². The van der Waals surface area contributed by atoms with Crippen molar-refractivity contribution in [2.24, 2.45) is 7.05 Å². The van der Waals surface area contributed by atoms with Gasteiger partial charge in [0.05, 0.1) is 0 Å². The first-order chi connectivity index (χ1) is 14.8. The topological polar surface area (TPSA) is 127 Å². The maximum Gasteiger partial charge on any atom is 0.328 e. The van der Waals surface area contributed by atoms with Gasteiger partial charge in [-0.15, -0.1) is 0 Å². The second-order valence-corrected chi connectivity index (χ2v) is 7.73. The maximum atomic E-state index is 10.7. The van der Waals surface area contributed by atoms with Gasteiger partial charge in [0.25, 0.3) is 0 Å². The van der Waals surface area contributed by atoms with Crippen molar-refractivity contribution in [1.82, 2.24) is 19.5 Å². The van der Waals surface area contributed by atoms with E-state index in [0.29, 0.717) is 29.8 Å². The van der Waals surface area contributed by atoms with Crippen LogP contribution in [0.25, 0.3) is 28.6 Å². The number of carbonyl (C=O) groups is 1. The molecule has 3 aromatic rings. The number of hydrogen-bond donors (Lipinski definition) is 3. The van der Waals surface area contributed by atoms with Crippen LogP contribution in [0.3, 0.4) is 0 Å². The van der Waals surface area contributed by atoms with Gasteiger partial charge in [0.2, 0.25) is 5.82 Å². The van der Waals surface area contributed by atoms with Crippen molar-refractivity contribution in [2.45, 2.75) is 37.7 Å². The molecule has 0 saturated heterocycles. The van der Waals surface area contributed by atoms with E-state index in [2.05, 4.69) is 26.8 Å². The maximum absolute atomic E-state index is 10.7. The van der Waals surface area contributed by atoms with Crippen LogP contribution in [0.4, 0.5) is 5.82 Å². The van der Waals surface area contributed by atoms with Gasteiger partial charge in [0.1, 0.15) is 11.4 Å². The first kappa shape index (κ1) is 20.6. The first-order valence-electron chi connectivity index (χ1n) is 10.1. The highest BCUT2D eigenvalue weighted by molar-refractivity contribution is 5.87. The summed E-state index contributed by atoms with van der Waals surface area (Å²) in [6.45, 7) is 0. The molecule has 2 aromatic heterocycles. The Labute approximate surface area is 179 Å².